The maximum Gasteiger partial charge on any atom is 0.418 e. The second-order valence-electron chi connectivity index (χ2n) is 7.92. The number of pyridine rings is 1. The van der Waals surface area contributed by atoms with Gasteiger partial charge >= 0.3 is 6.18 Å². The highest BCUT2D eigenvalue weighted by Gasteiger charge is 2.56. The molecule has 30 heavy (non-hydrogen) atoms. The van der Waals surface area contributed by atoms with E-state index in [0.717, 1.165) is 35.0 Å². The minimum Gasteiger partial charge on any atom is -0.508 e. The molecular formula is C22H19F4NO3. The maximum absolute atomic E-state index is 14.0. The molecule has 3 rings (SSSR count). The number of hydrogen-bond donors (Lipinski definition) is 2. The normalized spacial score (nSPS) is 14.4. The molecule has 0 saturated heterocycles. The van der Waals surface area contributed by atoms with Crippen molar-refractivity contribution in [3.63, 3.8) is 0 Å². The van der Waals surface area contributed by atoms with Gasteiger partial charge < -0.3 is 14.8 Å². The van der Waals surface area contributed by atoms with Crippen molar-refractivity contribution in [3.8, 4) is 5.75 Å². The van der Waals surface area contributed by atoms with Gasteiger partial charge in [0.15, 0.2) is 11.0 Å². The van der Waals surface area contributed by atoms with Gasteiger partial charge in [0.2, 0.25) is 0 Å². The van der Waals surface area contributed by atoms with Crippen LogP contribution >= 0.6 is 0 Å². The Morgan fingerprint density at radius 1 is 1.13 bits per heavy atom. The van der Waals surface area contributed by atoms with Crippen LogP contribution in [0.5, 0.6) is 5.75 Å². The number of hydrogen-bond acceptors (Lipinski definition) is 3. The number of phenolic OH excluding ortho intramolecular Hbond substituents is 1. The Hall–Kier alpha value is -3.05. The monoisotopic (exact) mass is 421 g/mol. The van der Waals surface area contributed by atoms with E-state index in [4.69, 9.17) is 0 Å². The van der Waals surface area contributed by atoms with E-state index in [9.17, 15) is 32.6 Å². The van der Waals surface area contributed by atoms with Gasteiger partial charge in [-0.05, 0) is 48.2 Å². The highest BCUT2D eigenvalue weighted by Crippen LogP contribution is 2.44. The number of aromatic nitrogens is 1. The molecule has 1 aromatic heterocycles. The number of aromatic hydroxyl groups is 1. The van der Waals surface area contributed by atoms with Crippen molar-refractivity contribution in [2.75, 3.05) is 0 Å². The summed E-state index contributed by atoms with van der Waals surface area (Å²) in [5, 5.41) is 21.0. The largest absolute Gasteiger partial charge is 0.508 e. The van der Waals surface area contributed by atoms with Crippen molar-refractivity contribution >= 4 is 10.9 Å². The van der Waals surface area contributed by atoms with Gasteiger partial charge in [-0.2, -0.15) is 13.2 Å². The van der Waals surface area contributed by atoms with Crippen LogP contribution in [0.2, 0.25) is 0 Å². The molecule has 2 aromatic carbocycles. The number of rotatable bonds is 5. The molecule has 1 unspecified atom stereocenters. The average molecular weight is 421 g/mol. The van der Waals surface area contributed by atoms with Crippen molar-refractivity contribution in [2.45, 2.75) is 44.0 Å². The maximum atomic E-state index is 14.0. The summed E-state index contributed by atoms with van der Waals surface area (Å²) in [4.78, 5) is 12.0. The lowest BCUT2D eigenvalue weighted by molar-refractivity contribution is -0.271. The fraction of sp³-hybridized carbons (Fsp3) is 0.318. The second-order valence-corrected chi connectivity index (χ2v) is 7.92. The van der Waals surface area contributed by atoms with E-state index in [-0.39, 0.29) is 22.2 Å². The van der Waals surface area contributed by atoms with Gasteiger partial charge in [-0.25, -0.2) is 4.39 Å². The van der Waals surface area contributed by atoms with Crippen molar-refractivity contribution < 1.29 is 27.8 Å². The Bertz CT molecular complexity index is 1140. The lowest BCUT2D eigenvalue weighted by Gasteiger charge is -2.38. The number of aliphatic hydroxyl groups is 1. The van der Waals surface area contributed by atoms with Crippen molar-refractivity contribution in [1.82, 2.24) is 4.57 Å². The van der Waals surface area contributed by atoms with Gasteiger partial charge in [-0.1, -0.05) is 19.9 Å². The number of alkyl halides is 3. The van der Waals surface area contributed by atoms with Gasteiger partial charge in [-0.15, -0.1) is 0 Å². The fourth-order valence-electron chi connectivity index (χ4n) is 3.66. The SMILES string of the molecule is CC(C)(CC(O)(Cn1ccc(=O)c2ccc#cc21)C(F)(F)F)c1cc(F)ccc1O. The molecule has 1 heterocycles. The van der Waals surface area contributed by atoms with E-state index in [1.165, 1.54) is 26.0 Å². The van der Waals surface area contributed by atoms with Crippen LogP contribution < -0.4 is 5.43 Å². The Labute approximate surface area is 170 Å². The summed E-state index contributed by atoms with van der Waals surface area (Å²) in [7, 11) is 0. The molecule has 0 bridgehead atoms. The van der Waals surface area contributed by atoms with Crippen molar-refractivity contribution in [2.24, 2.45) is 0 Å². The van der Waals surface area contributed by atoms with E-state index in [0.29, 0.717) is 0 Å². The molecule has 0 aliphatic carbocycles. The van der Waals surface area contributed by atoms with Crippen LogP contribution in [0.25, 0.3) is 10.9 Å². The van der Waals surface area contributed by atoms with E-state index in [1.54, 1.807) is 0 Å². The van der Waals surface area contributed by atoms with Gasteiger partial charge in [0, 0.05) is 17.8 Å². The molecule has 4 nitrogen and oxygen atoms in total. The first-order valence-electron chi connectivity index (χ1n) is 9.04. The van der Waals surface area contributed by atoms with Crippen molar-refractivity contribution in [3.05, 3.63) is 76.3 Å². The molecule has 0 fully saturated rings. The van der Waals surface area contributed by atoms with Crippen molar-refractivity contribution in [1.29, 1.82) is 0 Å². The van der Waals surface area contributed by atoms with E-state index < -0.39 is 41.4 Å². The van der Waals surface area contributed by atoms with E-state index in [2.05, 4.69) is 12.1 Å². The molecule has 0 spiro atoms. The average Bonchev–Trinajstić information content (AvgIpc) is 2.65. The van der Waals surface area contributed by atoms with Crippen LogP contribution in [-0.4, -0.2) is 26.6 Å². The zero-order valence-electron chi connectivity index (χ0n) is 16.2. The predicted molar refractivity (Wildman–Crippen MR) is 103 cm³/mol. The molecule has 0 amide bonds. The zero-order valence-corrected chi connectivity index (χ0v) is 16.2. The summed E-state index contributed by atoms with van der Waals surface area (Å²) in [5.74, 6) is -1.09. The lowest BCUT2D eigenvalue weighted by Crippen LogP contribution is -2.52. The molecule has 0 aliphatic heterocycles. The Balaban J connectivity index is 2.07. The second kappa shape index (κ2) is 7.33. The van der Waals surface area contributed by atoms with Gasteiger partial charge in [0.1, 0.15) is 17.1 Å². The predicted octanol–water partition coefficient (Wildman–Crippen LogP) is 4.11. The van der Waals surface area contributed by atoms with Gasteiger partial charge in [0.05, 0.1) is 11.9 Å². The Morgan fingerprint density at radius 2 is 1.83 bits per heavy atom. The first-order chi connectivity index (χ1) is 13.8. The minimum absolute atomic E-state index is 0.0603. The standard InChI is InChI=1S/C22H19F4NO3/c1-20(2,16-11-14(23)7-8-19(16)29)12-21(30,22(24,25)26)13-27-10-9-18(28)15-5-3-4-6-17(15)27/h3,5,7-11,29-30H,12-13H2,1-2H3. The number of fused-ring (bicyclic) bond motifs is 1. The Morgan fingerprint density at radius 3 is 2.50 bits per heavy atom. The summed E-state index contributed by atoms with van der Waals surface area (Å²) in [5.41, 5.74) is -5.08. The molecule has 158 valence electrons. The van der Waals surface area contributed by atoms with Crippen LogP contribution in [0, 0.1) is 17.9 Å². The van der Waals surface area contributed by atoms with Crippen LogP contribution in [0.3, 0.4) is 0 Å². The highest BCUT2D eigenvalue weighted by molar-refractivity contribution is 5.76. The van der Waals surface area contributed by atoms with Gasteiger partial charge in [0.25, 0.3) is 0 Å². The quantitative estimate of drug-likeness (QED) is 0.610. The number of halogens is 4. The molecule has 0 radical (unpaired) electrons. The first kappa shape index (κ1) is 21.7. The third kappa shape index (κ3) is 3.98. The molecule has 3 aromatic rings. The third-order valence-corrected chi connectivity index (χ3v) is 5.12. The molecular weight excluding hydrogens is 402 g/mol. The number of benzene rings is 1. The smallest absolute Gasteiger partial charge is 0.418 e. The molecule has 0 saturated carbocycles. The molecule has 8 heteroatoms. The Kier molecular flexibility index (Phi) is 5.29. The molecule has 1 atom stereocenters. The van der Waals surface area contributed by atoms with Crippen LogP contribution in [-0.2, 0) is 12.0 Å². The first-order valence-corrected chi connectivity index (χ1v) is 9.04. The van der Waals surface area contributed by atoms with Crippen LogP contribution in [0.1, 0.15) is 25.8 Å². The third-order valence-electron chi connectivity index (χ3n) is 5.12. The summed E-state index contributed by atoms with van der Waals surface area (Å²) >= 11 is 0. The summed E-state index contributed by atoms with van der Waals surface area (Å²) in [6.07, 6.45) is -4.77. The van der Waals surface area contributed by atoms with Gasteiger partial charge in [-0.3, -0.25) is 4.79 Å². The summed E-state index contributed by atoms with van der Waals surface area (Å²) < 4.78 is 56.8. The summed E-state index contributed by atoms with van der Waals surface area (Å²) in [6, 6.07) is 12.1. The zero-order chi connectivity index (χ0) is 22.3. The van der Waals surface area contributed by atoms with Crippen LogP contribution in [0.4, 0.5) is 17.6 Å². The van der Waals surface area contributed by atoms with Crippen LogP contribution in [0.15, 0.2) is 47.4 Å². The molecule has 0 aliphatic rings. The lowest BCUT2D eigenvalue weighted by atomic mass is 9.74. The topological polar surface area (TPSA) is 62.5 Å². The van der Waals surface area contributed by atoms with E-state index >= 15 is 0 Å². The van der Waals surface area contributed by atoms with E-state index in [1.807, 2.05) is 0 Å². The molecule has 2 N–H and O–H groups in total. The minimum atomic E-state index is -5.05. The number of nitrogens with zero attached hydrogens (tertiary/aromatic N) is 1. The fourth-order valence-corrected chi connectivity index (χ4v) is 3.66. The highest BCUT2D eigenvalue weighted by atomic mass is 19.4. The summed E-state index contributed by atoms with van der Waals surface area (Å²) in [6.45, 7) is 1.82. The number of phenols is 1.